The molecule has 2 heterocycles. The Balaban J connectivity index is 1.99. The summed E-state index contributed by atoms with van der Waals surface area (Å²) in [4.78, 5) is 0. The lowest BCUT2D eigenvalue weighted by molar-refractivity contribution is 0.449. The highest BCUT2D eigenvalue weighted by atomic mass is 35.5. The van der Waals surface area contributed by atoms with E-state index >= 15 is 0 Å². The largest absolute Gasteiger partial charge is 0.308 e. The lowest BCUT2D eigenvalue weighted by Gasteiger charge is -2.14. The van der Waals surface area contributed by atoms with E-state index < -0.39 is 0 Å². The van der Waals surface area contributed by atoms with Crippen molar-refractivity contribution in [2.45, 2.75) is 52.7 Å². The van der Waals surface area contributed by atoms with Crippen LogP contribution in [0.5, 0.6) is 0 Å². The molecule has 1 N–H and O–H groups in total. The first-order valence-corrected chi connectivity index (χ1v) is 7.70. The summed E-state index contributed by atoms with van der Waals surface area (Å²) in [5.41, 5.74) is 3.34. The van der Waals surface area contributed by atoms with Crippen LogP contribution < -0.4 is 5.32 Å². The lowest BCUT2D eigenvalue weighted by Crippen LogP contribution is -2.30. The minimum absolute atomic E-state index is 0.306. The summed E-state index contributed by atoms with van der Waals surface area (Å²) in [5.74, 6) is 0.365. The molecule has 2 aromatic rings. The van der Waals surface area contributed by atoms with E-state index in [0.29, 0.717) is 17.1 Å². The van der Waals surface area contributed by atoms with Crippen LogP contribution in [0.3, 0.4) is 0 Å². The first kappa shape index (κ1) is 16.0. The van der Waals surface area contributed by atoms with Crippen molar-refractivity contribution in [1.29, 1.82) is 0 Å². The monoisotopic (exact) mass is 309 g/mol. The van der Waals surface area contributed by atoms with Gasteiger partial charge in [-0.3, -0.25) is 9.36 Å². The number of hydrogen-bond acceptors (Lipinski definition) is 3. The minimum Gasteiger partial charge on any atom is -0.308 e. The summed E-state index contributed by atoms with van der Waals surface area (Å²) in [7, 11) is 1.88. The van der Waals surface area contributed by atoms with E-state index in [1.807, 2.05) is 24.9 Å². The lowest BCUT2D eigenvalue weighted by atomic mass is 10.1. The Kier molecular flexibility index (Phi) is 5.06. The molecule has 0 amide bonds. The van der Waals surface area contributed by atoms with Gasteiger partial charge in [0, 0.05) is 31.4 Å². The van der Waals surface area contributed by atoms with Crippen molar-refractivity contribution in [2.75, 3.05) is 0 Å². The van der Waals surface area contributed by atoms with Gasteiger partial charge in [-0.15, -0.1) is 0 Å². The molecule has 0 aromatic carbocycles. The molecule has 5 nitrogen and oxygen atoms in total. The van der Waals surface area contributed by atoms with Crippen LogP contribution in [0.4, 0.5) is 0 Å². The average Bonchev–Trinajstić information content (AvgIpc) is 2.93. The second-order valence-electron chi connectivity index (χ2n) is 5.95. The Morgan fingerprint density at radius 1 is 1.33 bits per heavy atom. The van der Waals surface area contributed by atoms with Crippen LogP contribution >= 0.6 is 11.6 Å². The molecule has 116 valence electrons. The third kappa shape index (κ3) is 3.86. The summed E-state index contributed by atoms with van der Waals surface area (Å²) in [6, 6.07) is 0.306. The quantitative estimate of drug-likeness (QED) is 0.892. The van der Waals surface area contributed by atoms with Crippen LogP contribution in [-0.4, -0.2) is 25.6 Å². The van der Waals surface area contributed by atoms with Crippen LogP contribution in [-0.2, 0) is 20.1 Å². The number of nitrogens with one attached hydrogen (secondary N) is 1. The van der Waals surface area contributed by atoms with Gasteiger partial charge in [0.25, 0.3) is 0 Å². The van der Waals surface area contributed by atoms with E-state index in [4.69, 9.17) is 11.6 Å². The van der Waals surface area contributed by atoms with Crippen molar-refractivity contribution in [3.63, 3.8) is 0 Å². The second-order valence-corrected chi connectivity index (χ2v) is 6.31. The molecule has 1 atom stereocenters. The molecule has 0 aliphatic heterocycles. The molecule has 21 heavy (non-hydrogen) atoms. The predicted molar refractivity (Wildman–Crippen MR) is 85.6 cm³/mol. The van der Waals surface area contributed by atoms with E-state index in [-0.39, 0.29) is 0 Å². The number of hydrogen-bond donors (Lipinski definition) is 1. The van der Waals surface area contributed by atoms with Crippen molar-refractivity contribution < 1.29 is 0 Å². The van der Waals surface area contributed by atoms with Gasteiger partial charge in [0.1, 0.15) is 5.15 Å². The molecule has 0 saturated carbocycles. The number of aryl methyl sites for hydroxylation is 2. The summed E-state index contributed by atoms with van der Waals surface area (Å²) < 4.78 is 3.70. The van der Waals surface area contributed by atoms with Crippen LogP contribution in [0.1, 0.15) is 43.5 Å². The Labute approximate surface area is 131 Å². The van der Waals surface area contributed by atoms with Crippen molar-refractivity contribution in [3.8, 4) is 0 Å². The Morgan fingerprint density at radius 2 is 2.05 bits per heavy atom. The summed E-state index contributed by atoms with van der Waals surface area (Å²) in [6.45, 7) is 10.0. The summed E-state index contributed by atoms with van der Waals surface area (Å²) in [6.07, 6.45) is 3.93. The molecule has 0 saturated heterocycles. The van der Waals surface area contributed by atoms with Crippen LogP contribution in [0.25, 0.3) is 0 Å². The fourth-order valence-electron chi connectivity index (χ4n) is 2.38. The topological polar surface area (TPSA) is 47.7 Å². The van der Waals surface area contributed by atoms with E-state index in [1.165, 1.54) is 5.56 Å². The molecular weight excluding hydrogens is 286 g/mol. The van der Waals surface area contributed by atoms with Crippen molar-refractivity contribution >= 4 is 11.6 Å². The number of nitrogens with zero attached hydrogens (tertiary/aromatic N) is 4. The van der Waals surface area contributed by atoms with E-state index in [2.05, 4.69) is 42.5 Å². The van der Waals surface area contributed by atoms with Gasteiger partial charge < -0.3 is 5.32 Å². The highest BCUT2D eigenvalue weighted by molar-refractivity contribution is 6.30. The van der Waals surface area contributed by atoms with Gasteiger partial charge in [-0.05, 0) is 25.3 Å². The van der Waals surface area contributed by atoms with Gasteiger partial charge in [0.05, 0.1) is 18.4 Å². The van der Waals surface area contributed by atoms with Gasteiger partial charge in [-0.1, -0.05) is 25.4 Å². The van der Waals surface area contributed by atoms with Crippen LogP contribution in [0.2, 0.25) is 5.15 Å². The molecule has 2 rings (SSSR count). The number of rotatable bonds is 6. The molecule has 0 aliphatic carbocycles. The zero-order valence-corrected chi connectivity index (χ0v) is 14.1. The molecule has 0 aliphatic rings. The van der Waals surface area contributed by atoms with E-state index in [0.717, 1.165) is 24.3 Å². The maximum absolute atomic E-state index is 6.35. The zero-order chi connectivity index (χ0) is 15.6. The Hall–Kier alpha value is -1.33. The summed E-state index contributed by atoms with van der Waals surface area (Å²) >= 11 is 6.35. The molecule has 0 bridgehead atoms. The molecule has 0 radical (unpaired) electrons. The zero-order valence-electron chi connectivity index (χ0n) is 13.4. The fourth-order valence-corrected chi connectivity index (χ4v) is 2.58. The maximum Gasteiger partial charge on any atom is 0.131 e. The van der Waals surface area contributed by atoms with Crippen LogP contribution in [0.15, 0.2) is 12.4 Å². The van der Waals surface area contributed by atoms with E-state index in [1.54, 1.807) is 4.68 Å². The first-order valence-electron chi connectivity index (χ1n) is 7.32. The van der Waals surface area contributed by atoms with Gasteiger partial charge in [0.2, 0.25) is 0 Å². The van der Waals surface area contributed by atoms with Gasteiger partial charge in [-0.25, -0.2) is 0 Å². The van der Waals surface area contributed by atoms with Crippen molar-refractivity contribution in [1.82, 2.24) is 24.9 Å². The predicted octanol–water partition coefficient (Wildman–Crippen LogP) is 2.88. The van der Waals surface area contributed by atoms with Gasteiger partial charge in [0.15, 0.2) is 0 Å². The normalized spacial score (nSPS) is 13.1. The highest BCUT2D eigenvalue weighted by Gasteiger charge is 2.17. The molecule has 6 heteroatoms. The average molecular weight is 310 g/mol. The fraction of sp³-hybridized carbons (Fsp3) is 0.600. The van der Waals surface area contributed by atoms with Crippen LogP contribution in [0, 0.1) is 6.92 Å². The smallest absolute Gasteiger partial charge is 0.131 e. The van der Waals surface area contributed by atoms with E-state index in [9.17, 15) is 0 Å². The van der Waals surface area contributed by atoms with Gasteiger partial charge >= 0.3 is 0 Å². The first-order chi connectivity index (χ1) is 9.88. The SMILES string of the molecule is Cc1cnn(C[C@@H](C)NCc2c(C(C)C)nn(C)c2Cl)c1. The highest BCUT2D eigenvalue weighted by Crippen LogP contribution is 2.25. The van der Waals surface area contributed by atoms with Gasteiger partial charge in [-0.2, -0.15) is 10.2 Å². The standard InChI is InChI=1S/C15H24ClN5/c1-10(2)14-13(15(16)20(5)19-14)7-17-12(4)9-21-8-11(3)6-18-21/h6,8,10,12,17H,7,9H2,1-5H3/t12-/m1/s1. The summed E-state index contributed by atoms with van der Waals surface area (Å²) in [5, 5.41) is 13.0. The molecule has 0 fully saturated rings. The molecule has 0 unspecified atom stereocenters. The third-order valence-corrected chi connectivity index (χ3v) is 3.97. The number of halogens is 1. The molecular formula is C15H24ClN5. The molecule has 2 aromatic heterocycles. The Bertz CT molecular complexity index is 599. The van der Waals surface area contributed by atoms with Crippen molar-refractivity contribution in [3.05, 3.63) is 34.4 Å². The Morgan fingerprint density at radius 3 is 2.62 bits per heavy atom. The minimum atomic E-state index is 0.306. The molecule has 0 spiro atoms. The second kappa shape index (κ2) is 6.62. The number of aromatic nitrogens is 4. The maximum atomic E-state index is 6.35. The third-order valence-electron chi connectivity index (χ3n) is 3.50. The van der Waals surface area contributed by atoms with Crippen molar-refractivity contribution in [2.24, 2.45) is 7.05 Å².